The molecular weight excluding hydrogens is 428 g/mol. The second-order valence-electron chi connectivity index (χ2n) is 10.9. The number of hydrogen-bond acceptors (Lipinski definition) is 5. The molecule has 2 aromatic carbocycles. The van der Waals surface area contributed by atoms with Crippen molar-refractivity contribution in [3.8, 4) is 0 Å². The molecule has 3 rings (SSSR count). The first kappa shape index (κ1) is 25.3. The van der Waals surface area contributed by atoms with Crippen LogP contribution in [0.2, 0.25) is 0 Å². The summed E-state index contributed by atoms with van der Waals surface area (Å²) in [5, 5.41) is 0. The quantitative estimate of drug-likeness (QED) is 0.359. The van der Waals surface area contributed by atoms with Gasteiger partial charge >= 0.3 is 11.9 Å². The van der Waals surface area contributed by atoms with Crippen LogP contribution in [-0.4, -0.2) is 25.2 Å². The Bertz CT molecular complexity index is 1060. The van der Waals surface area contributed by atoms with Crippen molar-refractivity contribution >= 4 is 11.9 Å². The number of rotatable bonds is 7. The van der Waals surface area contributed by atoms with Gasteiger partial charge in [-0.3, -0.25) is 0 Å². The van der Waals surface area contributed by atoms with Crippen LogP contribution in [0, 0.1) is 10.8 Å². The maximum atomic E-state index is 13.4. The second kappa shape index (κ2) is 10.3. The molecular formula is C29H34O5. The highest BCUT2D eigenvalue weighted by Crippen LogP contribution is 2.37. The van der Waals surface area contributed by atoms with E-state index in [0.29, 0.717) is 5.76 Å². The van der Waals surface area contributed by atoms with Crippen LogP contribution in [0.25, 0.3) is 0 Å². The van der Waals surface area contributed by atoms with E-state index in [0.717, 1.165) is 11.1 Å². The fourth-order valence-electron chi connectivity index (χ4n) is 3.45. The molecule has 0 saturated heterocycles. The summed E-state index contributed by atoms with van der Waals surface area (Å²) in [6, 6.07) is 19.5. The van der Waals surface area contributed by atoms with Gasteiger partial charge in [0.1, 0.15) is 23.2 Å². The Morgan fingerprint density at radius 1 is 0.735 bits per heavy atom. The molecule has 0 unspecified atom stereocenters. The van der Waals surface area contributed by atoms with Gasteiger partial charge in [-0.25, -0.2) is 9.59 Å². The third-order valence-electron chi connectivity index (χ3n) is 5.04. The van der Waals surface area contributed by atoms with Crippen LogP contribution in [0.1, 0.15) is 85.1 Å². The van der Waals surface area contributed by atoms with Crippen molar-refractivity contribution in [3.05, 3.63) is 94.9 Å². The van der Waals surface area contributed by atoms with E-state index >= 15 is 0 Å². The summed E-state index contributed by atoms with van der Waals surface area (Å²) < 4.78 is 17.1. The number of hydrogen-bond donors (Lipinski definition) is 0. The summed E-state index contributed by atoms with van der Waals surface area (Å²) in [5.41, 5.74) is 1.61. The van der Waals surface area contributed by atoms with Crippen LogP contribution < -0.4 is 0 Å². The predicted octanol–water partition coefficient (Wildman–Crippen LogP) is 6.87. The molecule has 5 heteroatoms. The molecule has 0 bridgehead atoms. The normalized spacial score (nSPS) is 12.0. The summed E-state index contributed by atoms with van der Waals surface area (Å²) in [7, 11) is 0. The molecule has 0 radical (unpaired) electrons. The van der Waals surface area contributed by atoms with Crippen LogP contribution in [0.15, 0.2) is 71.3 Å². The summed E-state index contributed by atoms with van der Waals surface area (Å²) >= 11 is 0. The molecule has 0 spiro atoms. The van der Waals surface area contributed by atoms with Crippen LogP contribution in [0.3, 0.4) is 0 Å². The fraction of sp³-hybridized carbons (Fsp3) is 0.379. The van der Waals surface area contributed by atoms with E-state index in [2.05, 4.69) is 0 Å². The first-order chi connectivity index (χ1) is 16.0. The molecule has 0 fully saturated rings. The van der Waals surface area contributed by atoms with E-state index in [-0.39, 0.29) is 35.2 Å². The Morgan fingerprint density at radius 2 is 1.18 bits per heavy atom. The minimum absolute atomic E-state index is 0.0787. The number of carbonyl (C=O) groups excluding carboxylic acids is 2. The van der Waals surface area contributed by atoms with Gasteiger partial charge in [0.2, 0.25) is 0 Å². The standard InChI is InChI=1S/C29H34O5/c1-28(2,3)18-33-26(30)22-17-32-25(24(22)27(31)34-19-29(4,5)6)23(20-13-9-7-10-14-20)21-15-11-8-12-16-21/h7-17,23H,18-19H2,1-6H3. The monoisotopic (exact) mass is 462 g/mol. The topological polar surface area (TPSA) is 65.7 Å². The molecule has 0 aliphatic rings. The lowest BCUT2D eigenvalue weighted by Crippen LogP contribution is -2.22. The lowest BCUT2D eigenvalue weighted by Gasteiger charge is -2.20. The molecule has 0 amide bonds. The van der Waals surface area contributed by atoms with Crippen molar-refractivity contribution in [1.82, 2.24) is 0 Å². The predicted molar refractivity (Wildman–Crippen MR) is 132 cm³/mol. The van der Waals surface area contributed by atoms with E-state index in [1.165, 1.54) is 6.26 Å². The van der Waals surface area contributed by atoms with Gasteiger partial charge in [-0.05, 0) is 22.0 Å². The fourth-order valence-corrected chi connectivity index (χ4v) is 3.45. The number of carbonyl (C=O) groups is 2. The van der Waals surface area contributed by atoms with Gasteiger partial charge in [0, 0.05) is 0 Å². The van der Waals surface area contributed by atoms with Crippen LogP contribution in [0.4, 0.5) is 0 Å². The summed E-state index contributed by atoms with van der Waals surface area (Å²) in [5.74, 6) is -1.24. The van der Waals surface area contributed by atoms with E-state index in [9.17, 15) is 9.59 Å². The van der Waals surface area contributed by atoms with Crippen molar-refractivity contribution in [1.29, 1.82) is 0 Å². The molecule has 180 valence electrons. The van der Waals surface area contributed by atoms with Crippen LogP contribution in [-0.2, 0) is 9.47 Å². The molecule has 0 N–H and O–H groups in total. The molecule has 0 atom stereocenters. The Balaban J connectivity index is 2.11. The Hall–Kier alpha value is -3.34. The van der Waals surface area contributed by atoms with E-state index in [1.54, 1.807) is 0 Å². The third kappa shape index (κ3) is 6.60. The average Bonchev–Trinajstić information content (AvgIpc) is 3.21. The van der Waals surface area contributed by atoms with Gasteiger partial charge in [0.15, 0.2) is 0 Å². The van der Waals surface area contributed by atoms with Crippen LogP contribution in [0.5, 0.6) is 0 Å². The lowest BCUT2D eigenvalue weighted by molar-refractivity contribution is 0.0323. The third-order valence-corrected chi connectivity index (χ3v) is 5.04. The maximum absolute atomic E-state index is 13.4. The SMILES string of the molecule is CC(C)(C)COC(=O)c1coc(C(c2ccccc2)c2ccccc2)c1C(=O)OCC(C)(C)C. The van der Waals surface area contributed by atoms with Gasteiger partial charge < -0.3 is 13.9 Å². The molecule has 1 aromatic heterocycles. The lowest BCUT2D eigenvalue weighted by atomic mass is 9.87. The number of esters is 2. The second-order valence-corrected chi connectivity index (χ2v) is 10.9. The first-order valence-electron chi connectivity index (χ1n) is 11.5. The van der Waals surface area contributed by atoms with Gasteiger partial charge in [0.25, 0.3) is 0 Å². The van der Waals surface area contributed by atoms with Crippen molar-refractivity contribution < 1.29 is 23.5 Å². The zero-order valence-corrected chi connectivity index (χ0v) is 20.9. The van der Waals surface area contributed by atoms with Gasteiger partial charge in [0.05, 0.1) is 19.1 Å². The van der Waals surface area contributed by atoms with E-state index in [4.69, 9.17) is 13.9 Å². The van der Waals surface area contributed by atoms with E-state index in [1.807, 2.05) is 102 Å². The highest BCUT2D eigenvalue weighted by molar-refractivity contribution is 6.04. The summed E-state index contributed by atoms with van der Waals surface area (Å²) in [6.07, 6.45) is 1.31. The number of benzene rings is 2. The van der Waals surface area contributed by atoms with Crippen molar-refractivity contribution in [2.24, 2.45) is 10.8 Å². The minimum Gasteiger partial charge on any atom is -0.466 e. The highest BCUT2D eigenvalue weighted by atomic mass is 16.5. The average molecular weight is 463 g/mol. The molecule has 34 heavy (non-hydrogen) atoms. The molecule has 5 nitrogen and oxygen atoms in total. The van der Waals surface area contributed by atoms with E-state index < -0.39 is 17.9 Å². The minimum atomic E-state index is -0.604. The molecule has 1 heterocycles. The highest BCUT2D eigenvalue weighted by Gasteiger charge is 2.34. The summed E-state index contributed by atoms with van der Waals surface area (Å²) in [6.45, 7) is 12.3. The van der Waals surface area contributed by atoms with Gasteiger partial charge in [-0.2, -0.15) is 0 Å². The largest absolute Gasteiger partial charge is 0.466 e. The Morgan fingerprint density at radius 3 is 1.62 bits per heavy atom. The maximum Gasteiger partial charge on any atom is 0.342 e. The molecule has 0 aliphatic heterocycles. The van der Waals surface area contributed by atoms with Gasteiger partial charge in [-0.15, -0.1) is 0 Å². The van der Waals surface area contributed by atoms with Gasteiger partial charge in [-0.1, -0.05) is 102 Å². The van der Waals surface area contributed by atoms with Crippen molar-refractivity contribution in [3.63, 3.8) is 0 Å². The Labute approximate surface area is 202 Å². The van der Waals surface area contributed by atoms with Crippen molar-refractivity contribution in [2.45, 2.75) is 47.5 Å². The summed E-state index contributed by atoms with van der Waals surface area (Å²) in [4.78, 5) is 26.4. The van der Waals surface area contributed by atoms with Crippen molar-refractivity contribution in [2.75, 3.05) is 13.2 Å². The number of furan rings is 1. The molecule has 3 aromatic rings. The van der Waals surface area contributed by atoms with Crippen LogP contribution >= 0.6 is 0 Å². The zero-order chi connectivity index (χ0) is 24.9. The first-order valence-corrected chi connectivity index (χ1v) is 11.5. The number of ether oxygens (including phenoxy) is 2. The zero-order valence-electron chi connectivity index (χ0n) is 20.9. The molecule has 0 saturated carbocycles. The smallest absolute Gasteiger partial charge is 0.342 e. The Kier molecular flexibility index (Phi) is 7.65. The molecule has 0 aliphatic carbocycles.